The number of benzene rings is 2. The first-order valence-electron chi connectivity index (χ1n) is 7.03. The third-order valence-electron chi connectivity index (χ3n) is 3.32. The molecule has 0 spiro atoms. The standard InChI is InChI=1S/C18H11ClO5/c19-12-6-7-16-13(8-12)14(20)9-17(24-16)18(22)23-10-15(21)11-4-2-1-3-5-11/h1-9H,10H2. The maximum absolute atomic E-state index is 12.0. The lowest BCUT2D eigenvalue weighted by molar-refractivity contribution is 0.0444. The average molecular weight is 343 g/mol. The minimum atomic E-state index is -0.881. The first-order chi connectivity index (χ1) is 11.5. The van der Waals surface area contributed by atoms with Gasteiger partial charge in [0.15, 0.2) is 17.8 Å². The molecule has 0 fully saturated rings. The van der Waals surface area contributed by atoms with E-state index in [0.717, 1.165) is 6.07 Å². The second-order valence-electron chi connectivity index (χ2n) is 4.98. The fraction of sp³-hybridized carbons (Fsp3) is 0.0556. The Morgan fingerprint density at radius 3 is 2.54 bits per heavy atom. The molecule has 0 saturated heterocycles. The van der Waals surface area contributed by atoms with Crippen LogP contribution < -0.4 is 5.43 Å². The van der Waals surface area contributed by atoms with Gasteiger partial charge in [0.2, 0.25) is 5.76 Å². The fourth-order valence-corrected chi connectivity index (χ4v) is 2.31. The summed E-state index contributed by atoms with van der Waals surface area (Å²) in [5, 5.41) is 0.651. The number of carbonyl (C=O) groups is 2. The van der Waals surface area contributed by atoms with E-state index in [1.807, 2.05) is 0 Å². The van der Waals surface area contributed by atoms with E-state index in [1.54, 1.807) is 36.4 Å². The van der Waals surface area contributed by atoms with Crippen LogP contribution in [0.3, 0.4) is 0 Å². The van der Waals surface area contributed by atoms with Crippen LogP contribution >= 0.6 is 11.6 Å². The molecule has 0 atom stereocenters. The van der Waals surface area contributed by atoms with Crippen molar-refractivity contribution >= 4 is 34.3 Å². The van der Waals surface area contributed by atoms with Crippen molar-refractivity contribution in [3.8, 4) is 0 Å². The molecule has 5 nitrogen and oxygen atoms in total. The molecule has 0 unspecified atom stereocenters. The van der Waals surface area contributed by atoms with Gasteiger partial charge in [-0.2, -0.15) is 0 Å². The quantitative estimate of drug-likeness (QED) is 0.536. The summed E-state index contributed by atoms with van der Waals surface area (Å²) in [5.74, 6) is -1.50. The monoisotopic (exact) mass is 342 g/mol. The number of halogens is 1. The molecule has 0 aliphatic heterocycles. The normalized spacial score (nSPS) is 10.5. The first kappa shape index (κ1) is 16.0. The van der Waals surface area contributed by atoms with Gasteiger partial charge in [-0.1, -0.05) is 41.9 Å². The van der Waals surface area contributed by atoms with Gasteiger partial charge in [0.1, 0.15) is 5.58 Å². The lowest BCUT2D eigenvalue weighted by atomic mass is 10.1. The summed E-state index contributed by atoms with van der Waals surface area (Å²) in [7, 11) is 0. The van der Waals surface area contributed by atoms with Gasteiger partial charge < -0.3 is 9.15 Å². The Kier molecular flexibility index (Phi) is 4.44. The predicted molar refractivity (Wildman–Crippen MR) is 88.5 cm³/mol. The van der Waals surface area contributed by atoms with Crippen molar-refractivity contribution in [3.63, 3.8) is 0 Å². The van der Waals surface area contributed by atoms with Gasteiger partial charge in [0.25, 0.3) is 0 Å². The van der Waals surface area contributed by atoms with Crippen LogP contribution in [0.25, 0.3) is 11.0 Å². The Hall–Kier alpha value is -2.92. The second-order valence-corrected chi connectivity index (χ2v) is 5.42. The zero-order valence-corrected chi connectivity index (χ0v) is 13.1. The van der Waals surface area contributed by atoms with Gasteiger partial charge >= 0.3 is 5.97 Å². The van der Waals surface area contributed by atoms with Crippen LogP contribution in [-0.4, -0.2) is 18.4 Å². The number of hydrogen-bond donors (Lipinski definition) is 0. The van der Waals surface area contributed by atoms with E-state index in [-0.39, 0.29) is 22.5 Å². The zero-order valence-electron chi connectivity index (χ0n) is 12.3. The fourth-order valence-electron chi connectivity index (χ4n) is 2.14. The molecule has 120 valence electrons. The van der Waals surface area contributed by atoms with Crippen molar-refractivity contribution in [1.82, 2.24) is 0 Å². The van der Waals surface area contributed by atoms with Crippen molar-refractivity contribution in [2.75, 3.05) is 6.61 Å². The highest BCUT2D eigenvalue weighted by Gasteiger charge is 2.16. The summed E-state index contributed by atoms with van der Waals surface area (Å²) in [4.78, 5) is 35.9. The Morgan fingerprint density at radius 2 is 1.79 bits per heavy atom. The van der Waals surface area contributed by atoms with Gasteiger partial charge in [-0.25, -0.2) is 4.79 Å². The molecule has 0 aliphatic rings. The largest absolute Gasteiger partial charge is 0.451 e. The van der Waals surface area contributed by atoms with Crippen LogP contribution in [0.1, 0.15) is 20.9 Å². The van der Waals surface area contributed by atoms with Crippen molar-refractivity contribution in [3.05, 3.63) is 81.2 Å². The number of fused-ring (bicyclic) bond motifs is 1. The summed E-state index contributed by atoms with van der Waals surface area (Å²) < 4.78 is 10.3. The Labute approximate surface area is 141 Å². The summed E-state index contributed by atoms with van der Waals surface area (Å²) >= 11 is 5.83. The smallest absolute Gasteiger partial charge is 0.374 e. The van der Waals surface area contributed by atoms with E-state index in [0.29, 0.717) is 10.6 Å². The van der Waals surface area contributed by atoms with E-state index in [4.69, 9.17) is 20.8 Å². The number of rotatable bonds is 4. The number of ether oxygens (including phenoxy) is 1. The third-order valence-corrected chi connectivity index (χ3v) is 3.56. The predicted octanol–water partition coefficient (Wildman–Crippen LogP) is 3.49. The molecule has 0 amide bonds. The Morgan fingerprint density at radius 1 is 1.04 bits per heavy atom. The van der Waals surface area contributed by atoms with E-state index in [2.05, 4.69) is 0 Å². The Bertz CT molecular complexity index is 976. The molecule has 3 rings (SSSR count). The highest BCUT2D eigenvalue weighted by molar-refractivity contribution is 6.31. The van der Waals surface area contributed by atoms with Crippen LogP contribution in [0.2, 0.25) is 5.02 Å². The molecular weight excluding hydrogens is 332 g/mol. The molecular formula is C18H11ClO5. The van der Waals surface area contributed by atoms with Gasteiger partial charge in [0.05, 0.1) is 5.39 Å². The van der Waals surface area contributed by atoms with Gasteiger partial charge in [-0.05, 0) is 18.2 Å². The van der Waals surface area contributed by atoms with Crippen LogP contribution in [0.5, 0.6) is 0 Å². The zero-order chi connectivity index (χ0) is 17.1. The van der Waals surface area contributed by atoms with Crippen molar-refractivity contribution in [1.29, 1.82) is 0 Å². The number of ketones is 1. The first-order valence-corrected chi connectivity index (χ1v) is 7.41. The lowest BCUT2D eigenvalue weighted by Crippen LogP contribution is -2.15. The topological polar surface area (TPSA) is 73.6 Å². The summed E-state index contributed by atoms with van der Waals surface area (Å²) in [5.41, 5.74) is 0.230. The van der Waals surface area contributed by atoms with E-state index in [1.165, 1.54) is 12.1 Å². The van der Waals surface area contributed by atoms with Crippen molar-refractivity contribution in [2.24, 2.45) is 0 Å². The highest BCUT2D eigenvalue weighted by Crippen LogP contribution is 2.18. The summed E-state index contributed by atoms with van der Waals surface area (Å²) in [6, 6.07) is 14.0. The van der Waals surface area contributed by atoms with E-state index in [9.17, 15) is 14.4 Å². The minimum absolute atomic E-state index is 0.216. The molecule has 0 aliphatic carbocycles. The number of Topliss-reactive ketones (excluding diaryl/α,β-unsaturated/α-hetero) is 1. The molecule has 6 heteroatoms. The molecule has 1 heterocycles. The average Bonchev–Trinajstić information content (AvgIpc) is 2.60. The number of hydrogen-bond acceptors (Lipinski definition) is 5. The SMILES string of the molecule is O=C(COC(=O)c1cc(=O)c2cc(Cl)ccc2o1)c1ccccc1. The maximum atomic E-state index is 12.0. The van der Waals surface area contributed by atoms with E-state index >= 15 is 0 Å². The molecule has 2 aromatic carbocycles. The lowest BCUT2D eigenvalue weighted by Gasteiger charge is -2.05. The molecule has 0 bridgehead atoms. The molecule has 1 aromatic heterocycles. The summed E-state index contributed by atoms with van der Waals surface area (Å²) in [6.45, 7) is -0.439. The van der Waals surface area contributed by atoms with Crippen molar-refractivity contribution < 1.29 is 18.7 Å². The molecule has 3 aromatic rings. The number of carbonyl (C=O) groups excluding carboxylic acids is 2. The third kappa shape index (κ3) is 3.36. The Balaban J connectivity index is 1.78. The number of esters is 1. The van der Waals surface area contributed by atoms with Gasteiger partial charge in [-0.3, -0.25) is 9.59 Å². The van der Waals surface area contributed by atoms with Crippen LogP contribution in [-0.2, 0) is 4.74 Å². The van der Waals surface area contributed by atoms with Crippen LogP contribution in [0.4, 0.5) is 0 Å². The maximum Gasteiger partial charge on any atom is 0.374 e. The highest BCUT2D eigenvalue weighted by atomic mass is 35.5. The minimum Gasteiger partial charge on any atom is -0.451 e. The van der Waals surface area contributed by atoms with Crippen molar-refractivity contribution in [2.45, 2.75) is 0 Å². The summed E-state index contributed by atoms with van der Waals surface area (Å²) in [6.07, 6.45) is 0. The second kappa shape index (κ2) is 6.68. The van der Waals surface area contributed by atoms with Crippen LogP contribution in [0.15, 0.2) is 63.8 Å². The molecule has 0 N–H and O–H groups in total. The van der Waals surface area contributed by atoms with Gasteiger partial charge in [0, 0.05) is 16.7 Å². The molecule has 0 saturated carbocycles. The molecule has 24 heavy (non-hydrogen) atoms. The van der Waals surface area contributed by atoms with Gasteiger partial charge in [-0.15, -0.1) is 0 Å². The van der Waals surface area contributed by atoms with Crippen LogP contribution in [0, 0.1) is 0 Å². The van der Waals surface area contributed by atoms with E-state index < -0.39 is 18.0 Å². The molecule has 0 radical (unpaired) electrons.